The summed E-state index contributed by atoms with van der Waals surface area (Å²) in [6, 6.07) is 3.77. The Hall–Kier alpha value is -0.740. The van der Waals surface area contributed by atoms with Gasteiger partial charge < -0.3 is 24.0 Å². The molecule has 0 saturated carbocycles. The number of hydrogen-bond donors (Lipinski definition) is 0. The maximum atomic E-state index is 4.88. The molecule has 4 heteroatoms. The van der Waals surface area contributed by atoms with Gasteiger partial charge in [-0.1, -0.05) is 0 Å². The second-order valence-electron chi connectivity index (χ2n) is 1.81. The summed E-state index contributed by atoms with van der Waals surface area (Å²) in [5.74, 6) is 0. The minimum atomic E-state index is 0.661. The highest BCUT2D eigenvalue weighted by molar-refractivity contribution is 7.63. The number of pyridine rings is 1. The van der Waals surface area contributed by atoms with Crippen molar-refractivity contribution < 1.29 is 0 Å². The minimum Gasteiger partial charge on any atom is -0.408 e. The van der Waals surface area contributed by atoms with E-state index in [9.17, 15) is 0 Å². The van der Waals surface area contributed by atoms with Crippen molar-refractivity contribution in [3.63, 3.8) is 0 Å². The van der Waals surface area contributed by atoms with Gasteiger partial charge in [0.1, 0.15) is 0 Å². The number of rotatable bonds is 0. The van der Waals surface area contributed by atoms with E-state index >= 15 is 0 Å². The highest BCUT2D eigenvalue weighted by atomic mass is 32.2. The molecule has 2 heterocycles. The third kappa shape index (κ3) is 0.853. The average Bonchev–Trinajstić information content (AvgIpc) is 2.27. The van der Waals surface area contributed by atoms with Crippen molar-refractivity contribution >= 4 is 34.3 Å². The van der Waals surface area contributed by atoms with E-state index in [4.69, 9.17) is 12.6 Å². The molecule has 10 heavy (non-hydrogen) atoms. The predicted molar refractivity (Wildman–Crippen MR) is 43.0 cm³/mol. The van der Waals surface area contributed by atoms with E-state index in [0.29, 0.717) is 4.34 Å². The predicted octanol–water partition coefficient (Wildman–Crippen LogP) is 1.60. The molecule has 0 aliphatic rings. The highest BCUT2D eigenvalue weighted by Crippen LogP contribution is 2.17. The lowest BCUT2D eigenvalue weighted by atomic mass is 10.5. The Morgan fingerprint density at radius 2 is 2.40 bits per heavy atom. The zero-order chi connectivity index (χ0) is 6.97. The van der Waals surface area contributed by atoms with Gasteiger partial charge >= 0.3 is 0 Å². The molecule has 2 nitrogen and oxygen atoms in total. The van der Waals surface area contributed by atoms with Gasteiger partial charge in [-0.2, -0.15) is 0 Å². The molecule has 0 fully saturated rings. The lowest BCUT2D eigenvalue weighted by Crippen LogP contribution is -1.69. The fourth-order valence-electron chi connectivity index (χ4n) is 0.750. The van der Waals surface area contributed by atoms with E-state index in [1.807, 2.05) is 12.1 Å². The number of hydrogen-bond acceptors (Lipinski definition) is 4. The summed E-state index contributed by atoms with van der Waals surface area (Å²) in [4.78, 5) is 9.10. The standard InChI is InChI=1S/C6H4N2S2/c9-6-8-4-2-1-3-7-5(4)10-6/h1-3H,(H,8,9)/p-1. The Morgan fingerprint density at radius 3 is 3.20 bits per heavy atom. The lowest BCUT2D eigenvalue weighted by Gasteiger charge is -1.85. The molecular weight excluding hydrogens is 164 g/mol. The van der Waals surface area contributed by atoms with Gasteiger partial charge in [-0.25, -0.2) is 0 Å². The first-order valence-corrected chi connectivity index (χ1v) is 3.97. The molecule has 2 aromatic rings. The molecule has 0 N–H and O–H groups in total. The second kappa shape index (κ2) is 2.14. The van der Waals surface area contributed by atoms with Crippen LogP contribution in [-0.2, 0) is 12.6 Å². The summed E-state index contributed by atoms with van der Waals surface area (Å²) < 4.78 is 0.661. The number of thiazole rings is 1. The lowest BCUT2D eigenvalue weighted by molar-refractivity contribution is 1.30. The third-order valence-electron chi connectivity index (χ3n) is 1.15. The number of nitrogens with zero attached hydrogens (tertiary/aromatic N) is 2. The van der Waals surface area contributed by atoms with E-state index in [1.54, 1.807) is 6.20 Å². The maximum absolute atomic E-state index is 4.88. The van der Waals surface area contributed by atoms with Crippen LogP contribution in [0, 0.1) is 0 Å². The van der Waals surface area contributed by atoms with Crippen molar-refractivity contribution in [2.75, 3.05) is 0 Å². The first-order chi connectivity index (χ1) is 4.86. The van der Waals surface area contributed by atoms with Crippen LogP contribution in [-0.4, -0.2) is 9.97 Å². The molecule has 0 aromatic carbocycles. The van der Waals surface area contributed by atoms with E-state index in [0.717, 1.165) is 10.3 Å². The molecule has 0 aliphatic heterocycles. The van der Waals surface area contributed by atoms with E-state index < -0.39 is 0 Å². The smallest absolute Gasteiger partial charge is 0.0784 e. The van der Waals surface area contributed by atoms with Crippen LogP contribution in [0.15, 0.2) is 22.7 Å². The van der Waals surface area contributed by atoms with Gasteiger partial charge in [0.15, 0.2) is 0 Å². The molecule has 0 radical (unpaired) electrons. The summed E-state index contributed by atoms with van der Waals surface area (Å²) in [7, 11) is 0. The van der Waals surface area contributed by atoms with E-state index in [-0.39, 0.29) is 0 Å². The summed E-state index contributed by atoms with van der Waals surface area (Å²) >= 11 is 6.33. The SMILES string of the molecule is [S-]c1nc2cccnc2s1. The Balaban J connectivity index is 2.88. The fraction of sp³-hybridized carbons (Fsp3) is 0. The molecular formula is C6H3N2S2-. The highest BCUT2D eigenvalue weighted by Gasteiger charge is 1.89. The van der Waals surface area contributed by atoms with Gasteiger partial charge in [0.05, 0.1) is 5.52 Å². The number of aromatic nitrogens is 2. The van der Waals surface area contributed by atoms with Gasteiger partial charge in [-0.15, -0.1) is 0 Å². The maximum Gasteiger partial charge on any atom is 0.0784 e. The Labute approximate surface area is 67.3 Å². The van der Waals surface area contributed by atoms with E-state index in [2.05, 4.69) is 9.97 Å². The van der Waals surface area contributed by atoms with Crippen LogP contribution in [0.1, 0.15) is 0 Å². The molecule has 0 saturated heterocycles. The summed E-state index contributed by atoms with van der Waals surface area (Å²) in [5.41, 5.74) is 0.900. The second-order valence-corrected chi connectivity index (χ2v) is 3.43. The Bertz CT molecular complexity index is 322. The van der Waals surface area contributed by atoms with Crippen LogP contribution < -0.4 is 0 Å². The van der Waals surface area contributed by atoms with Crippen molar-refractivity contribution in [1.82, 2.24) is 9.97 Å². The topological polar surface area (TPSA) is 25.8 Å². The molecule has 0 atom stereocenters. The molecule has 0 aliphatic carbocycles. The first-order valence-electron chi connectivity index (χ1n) is 2.75. The van der Waals surface area contributed by atoms with Crippen molar-refractivity contribution in [2.24, 2.45) is 0 Å². The quantitative estimate of drug-likeness (QED) is 0.557. The van der Waals surface area contributed by atoms with Crippen molar-refractivity contribution in [1.29, 1.82) is 0 Å². The molecule has 0 unspecified atom stereocenters. The number of fused-ring (bicyclic) bond motifs is 1. The Kier molecular flexibility index (Phi) is 1.28. The van der Waals surface area contributed by atoms with Crippen LogP contribution >= 0.6 is 11.3 Å². The molecule has 2 rings (SSSR count). The van der Waals surface area contributed by atoms with Crippen LogP contribution in [0.5, 0.6) is 0 Å². The van der Waals surface area contributed by atoms with Crippen LogP contribution in [0.25, 0.3) is 10.3 Å². The molecule has 0 bridgehead atoms. The Morgan fingerprint density at radius 1 is 1.50 bits per heavy atom. The average molecular weight is 167 g/mol. The molecule has 0 spiro atoms. The van der Waals surface area contributed by atoms with Crippen LogP contribution in [0.3, 0.4) is 0 Å². The summed E-state index contributed by atoms with van der Waals surface area (Å²) in [6.45, 7) is 0. The van der Waals surface area contributed by atoms with Gasteiger partial charge in [-0.3, -0.25) is 9.97 Å². The minimum absolute atomic E-state index is 0.661. The van der Waals surface area contributed by atoms with Crippen molar-refractivity contribution in [2.45, 2.75) is 4.34 Å². The zero-order valence-electron chi connectivity index (χ0n) is 4.94. The van der Waals surface area contributed by atoms with Crippen molar-refractivity contribution in [3.05, 3.63) is 18.3 Å². The normalized spacial score (nSPS) is 10.4. The first kappa shape index (κ1) is 6.00. The zero-order valence-corrected chi connectivity index (χ0v) is 6.58. The van der Waals surface area contributed by atoms with Gasteiger partial charge in [0, 0.05) is 11.0 Å². The van der Waals surface area contributed by atoms with Gasteiger partial charge in [-0.05, 0) is 16.5 Å². The monoisotopic (exact) mass is 167 g/mol. The summed E-state index contributed by atoms with van der Waals surface area (Å²) in [6.07, 6.45) is 1.75. The fourth-order valence-corrected chi connectivity index (χ4v) is 1.73. The van der Waals surface area contributed by atoms with E-state index in [1.165, 1.54) is 11.3 Å². The van der Waals surface area contributed by atoms with Crippen LogP contribution in [0.2, 0.25) is 0 Å². The largest absolute Gasteiger partial charge is 0.408 e. The molecule has 2 aromatic heterocycles. The van der Waals surface area contributed by atoms with Gasteiger partial charge in [0.2, 0.25) is 0 Å². The third-order valence-corrected chi connectivity index (χ3v) is 2.26. The van der Waals surface area contributed by atoms with Gasteiger partial charge in [0.25, 0.3) is 0 Å². The molecule has 0 amide bonds. The van der Waals surface area contributed by atoms with Crippen molar-refractivity contribution in [3.8, 4) is 0 Å². The summed E-state index contributed by atoms with van der Waals surface area (Å²) in [5, 5.41) is 0. The van der Waals surface area contributed by atoms with Crippen LogP contribution in [0.4, 0.5) is 0 Å². The molecule has 50 valence electrons.